The number of aryl methyl sites for hydroxylation is 2. The Morgan fingerprint density at radius 1 is 1.38 bits per heavy atom. The number of aliphatic imine (C=N–C) groups is 1. The number of rotatable bonds is 6. The summed E-state index contributed by atoms with van der Waals surface area (Å²) in [5.74, 6) is 3.62. The van der Waals surface area contributed by atoms with Gasteiger partial charge in [0, 0.05) is 32.2 Å². The fourth-order valence-corrected chi connectivity index (χ4v) is 3.81. The van der Waals surface area contributed by atoms with Crippen molar-refractivity contribution < 1.29 is 4.52 Å². The topological polar surface area (TPSA) is 53.7 Å². The van der Waals surface area contributed by atoms with E-state index in [1.165, 1.54) is 24.8 Å². The molecule has 24 heavy (non-hydrogen) atoms. The van der Waals surface area contributed by atoms with Gasteiger partial charge in [0.1, 0.15) is 5.76 Å². The highest BCUT2D eigenvalue weighted by molar-refractivity contribution is 14.0. The molecule has 138 valence electrons. The molecule has 1 aromatic heterocycles. The third kappa shape index (κ3) is 5.10. The summed E-state index contributed by atoms with van der Waals surface area (Å²) in [4.78, 5) is 6.88. The Balaban J connectivity index is 0.00000288. The average Bonchev–Trinajstić information content (AvgIpc) is 3.14. The highest BCUT2D eigenvalue weighted by Gasteiger charge is 2.29. The predicted octanol–water partition coefficient (Wildman–Crippen LogP) is 3.79. The molecular weight excluding hydrogens is 415 g/mol. The fraction of sp³-hybridized carbons (Fsp3) is 0.778. The quantitative estimate of drug-likeness (QED) is 0.409. The molecule has 0 aliphatic carbocycles. The number of nitrogens with one attached hydrogen (secondary N) is 1. The van der Waals surface area contributed by atoms with Crippen LogP contribution in [0.15, 0.2) is 9.52 Å². The van der Waals surface area contributed by atoms with E-state index in [-0.39, 0.29) is 24.0 Å². The van der Waals surface area contributed by atoms with E-state index >= 15 is 0 Å². The lowest BCUT2D eigenvalue weighted by atomic mass is 9.87. The van der Waals surface area contributed by atoms with Crippen LogP contribution in [0.25, 0.3) is 0 Å². The van der Waals surface area contributed by atoms with Gasteiger partial charge >= 0.3 is 0 Å². The van der Waals surface area contributed by atoms with Crippen LogP contribution in [0.5, 0.6) is 0 Å². The van der Waals surface area contributed by atoms with E-state index in [0.717, 1.165) is 55.3 Å². The van der Waals surface area contributed by atoms with E-state index in [0.29, 0.717) is 0 Å². The molecule has 0 bridgehead atoms. The average molecular weight is 448 g/mol. The molecule has 0 spiro atoms. The minimum atomic E-state index is 0. The summed E-state index contributed by atoms with van der Waals surface area (Å²) in [5.41, 5.74) is 2.21. The third-order valence-corrected chi connectivity index (χ3v) is 5.29. The summed E-state index contributed by atoms with van der Waals surface area (Å²) in [6.07, 6.45) is 4.78. The zero-order chi connectivity index (χ0) is 16.8. The highest BCUT2D eigenvalue weighted by Crippen LogP contribution is 2.28. The second-order valence-electron chi connectivity index (χ2n) is 6.60. The van der Waals surface area contributed by atoms with E-state index in [1.54, 1.807) is 0 Å². The molecule has 0 aromatic carbocycles. The standard InChI is InChI=1S/C18H32N4O.HI/c1-6-15(7-2)16-9-11-22(12-16)18(19-5)20-10-8-17-13(3)21-23-14(17)4;/h15-16H,6-12H2,1-5H3,(H,19,20);1H. The van der Waals surface area contributed by atoms with E-state index in [9.17, 15) is 0 Å². The van der Waals surface area contributed by atoms with Gasteiger partial charge in [0.15, 0.2) is 5.96 Å². The van der Waals surface area contributed by atoms with Crippen molar-refractivity contribution in [3.8, 4) is 0 Å². The summed E-state index contributed by atoms with van der Waals surface area (Å²) in [5, 5.41) is 7.52. The van der Waals surface area contributed by atoms with E-state index in [2.05, 4.69) is 34.2 Å². The number of nitrogens with zero attached hydrogens (tertiary/aromatic N) is 3. The van der Waals surface area contributed by atoms with Gasteiger partial charge in [-0.2, -0.15) is 0 Å². The molecule has 1 aromatic rings. The SMILES string of the molecule is CCC(CC)C1CCN(C(=NC)NCCc2c(C)noc2C)C1.I. The molecule has 1 fully saturated rings. The molecule has 0 radical (unpaired) electrons. The monoisotopic (exact) mass is 448 g/mol. The van der Waals surface area contributed by atoms with Crippen LogP contribution in [-0.2, 0) is 6.42 Å². The van der Waals surface area contributed by atoms with Crippen molar-refractivity contribution in [3.63, 3.8) is 0 Å². The maximum absolute atomic E-state index is 5.23. The Labute approximate surface area is 163 Å². The van der Waals surface area contributed by atoms with Crippen molar-refractivity contribution >= 4 is 29.9 Å². The molecule has 5 nitrogen and oxygen atoms in total. The lowest BCUT2D eigenvalue weighted by Crippen LogP contribution is -2.41. The Morgan fingerprint density at radius 3 is 2.62 bits per heavy atom. The number of likely N-dealkylation sites (tertiary alicyclic amines) is 1. The molecule has 0 amide bonds. The second-order valence-corrected chi connectivity index (χ2v) is 6.60. The molecule has 1 atom stereocenters. The number of aromatic nitrogens is 1. The minimum absolute atomic E-state index is 0. The Hall–Kier alpha value is -0.790. The number of halogens is 1. The van der Waals surface area contributed by atoms with Crippen molar-refractivity contribution in [1.82, 2.24) is 15.4 Å². The first-order valence-corrected chi connectivity index (χ1v) is 8.97. The molecule has 1 aliphatic heterocycles. The first-order chi connectivity index (χ1) is 11.1. The molecule has 6 heteroatoms. The van der Waals surface area contributed by atoms with E-state index < -0.39 is 0 Å². The summed E-state index contributed by atoms with van der Waals surface area (Å²) >= 11 is 0. The van der Waals surface area contributed by atoms with Crippen LogP contribution >= 0.6 is 24.0 Å². The summed E-state index contributed by atoms with van der Waals surface area (Å²) in [6.45, 7) is 11.7. The smallest absolute Gasteiger partial charge is 0.193 e. The first-order valence-electron chi connectivity index (χ1n) is 8.97. The van der Waals surface area contributed by atoms with Crippen LogP contribution in [0.1, 0.15) is 50.1 Å². The van der Waals surface area contributed by atoms with Crippen LogP contribution in [-0.4, -0.2) is 42.7 Å². The Morgan fingerprint density at radius 2 is 2.08 bits per heavy atom. The van der Waals surface area contributed by atoms with Crippen molar-refractivity contribution in [2.75, 3.05) is 26.7 Å². The summed E-state index contributed by atoms with van der Waals surface area (Å²) in [6, 6.07) is 0. The second kappa shape index (κ2) is 10.3. The lowest BCUT2D eigenvalue weighted by molar-refractivity contribution is 0.319. The summed E-state index contributed by atoms with van der Waals surface area (Å²) < 4.78 is 5.23. The van der Waals surface area contributed by atoms with Crippen LogP contribution < -0.4 is 5.32 Å². The van der Waals surface area contributed by atoms with Crippen LogP contribution in [0, 0.1) is 25.7 Å². The molecule has 2 heterocycles. The van der Waals surface area contributed by atoms with Gasteiger partial charge in [-0.15, -0.1) is 24.0 Å². The van der Waals surface area contributed by atoms with Crippen molar-refractivity contribution in [2.24, 2.45) is 16.8 Å². The molecule has 1 unspecified atom stereocenters. The van der Waals surface area contributed by atoms with Crippen molar-refractivity contribution in [3.05, 3.63) is 17.0 Å². The molecule has 0 saturated carbocycles. The zero-order valence-corrected chi connectivity index (χ0v) is 18.1. The predicted molar refractivity (Wildman–Crippen MR) is 110 cm³/mol. The van der Waals surface area contributed by atoms with Gasteiger partial charge in [-0.3, -0.25) is 4.99 Å². The normalized spacial score (nSPS) is 18.2. The van der Waals surface area contributed by atoms with E-state index in [1.807, 2.05) is 20.9 Å². The molecule has 1 aliphatic rings. The van der Waals surface area contributed by atoms with Crippen LogP contribution in [0.3, 0.4) is 0 Å². The Bertz CT molecular complexity index is 506. The first kappa shape index (κ1) is 21.3. The van der Waals surface area contributed by atoms with Gasteiger partial charge in [0.2, 0.25) is 0 Å². The number of hydrogen-bond acceptors (Lipinski definition) is 3. The molecule has 1 N–H and O–H groups in total. The molecular formula is C18H33IN4O. The molecule has 1 saturated heterocycles. The van der Waals surface area contributed by atoms with Crippen LogP contribution in [0.2, 0.25) is 0 Å². The van der Waals surface area contributed by atoms with Crippen LogP contribution in [0.4, 0.5) is 0 Å². The maximum Gasteiger partial charge on any atom is 0.193 e. The van der Waals surface area contributed by atoms with Gasteiger partial charge in [0.25, 0.3) is 0 Å². The zero-order valence-electron chi connectivity index (χ0n) is 15.8. The fourth-order valence-electron chi connectivity index (χ4n) is 3.81. The van der Waals surface area contributed by atoms with Gasteiger partial charge in [0.05, 0.1) is 5.69 Å². The maximum atomic E-state index is 5.23. The van der Waals surface area contributed by atoms with Gasteiger partial charge in [-0.05, 0) is 38.5 Å². The largest absolute Gasteiger partial charge is 0.361 e. The van der Waals surface area contributed by atoms with Crippen molar-refractivity contribution in [1.29, 1.82) is 0 Å². The van der Waals surface area contributed by atoms with Gasteiger partial charge in [-0.25, -0.2) is 0 Å². The lowest BCUT2D eigenvalue weighted by Gasteiger charge is -2.24. The third-order valence-electron chi connectivity index (χ3n) is 5.29. The summed E-state index contributed by atoms with van der Waals surface area (Å²) in [7, 11) is 1.88. The highest BCUT2D eigenvalue weighted by atomic mass is 127. The minimum Gasteiger partial charge on any atom is -0.361 e. The van der Waals surface area contributed by atoms with Gasteiger partial charge in [-0.1, -0.05) is 31.8 Å². The van der Waals surface area contributed by atoms with Crippen molar-refractivity contribution in [2.45, 2.75) is 53.4 Å². The number of hydrogen-bond donors (Lipinski definition) is 1. The van der Waals surface area contributed by atoms with Gasteiger partial charge < -0.3 is 14.7 Å². The Kier molecular flexibility index (Phi) is 9.08. The number of guanidine groups is 1. The van der Waals surface area contributed by atoms with E-state index in [4.69, 9.17) is 4.52 Å². The molecule has 2 rings (SSSR count).